The Morgan fingerprint density at radius 3 is 1.96 bits per heavy atom. The van der Waals surface area contributed by atoms with E-state index >= 15 is 0 Å². The van der Waals surface area contributed by atoms with E-state index in [-0.39, 0.29) is 0 Å². The average Bonchev–Trinajstić information content (AvgIpc) is 3.63. The number of hydrogen-bond acceptors (Lipinski definition) is 3. The zero-order valence-electron chi connectivity index (χ0n) is 25.7. The van der Waals surface area contributed by atoms with Crippen molar-refractivity contribution in [2.45, 2.75) is 0 Å². The summed E-state index contributed by atoms with van der Waals surface area (Å²) in [5.41, 5.74) is 13.9. The lowest BCUT2D eigenvalue weighted by Gasteiger charge is -2.12. The van der Waals surface area contributed by atoms with Crippen LogP contribution in [0.5, 0.6) is 0 Å². The molecule has 48 heavy (non-hydrogen) atoms. The molecule has 1 aliphatic rings. The Morgan fingerprint density at radius 1 is 0.438 bits per heavy atom. The molecule has 10 aromatic rings. The number of para-hydroxylation sites is 5. The highest BCUT2D eigenvalue weighted by Gasteiger charge is 2.28. The van der Waals surface area contributed by atoms with Crippen LogP contribution in [0.15, 0.2) is 152 Å². The van der Waals surface area contributed by atoms with Gasteiger partial charge in [0.1, 0.15) is 5.69 Å². The highest BCUT2D eigenvalue weighted by molar-refractivity contribution is 6.18. The van der Waals surface area contributed by atoms with Gasteiger partial charge in [-0.05, 0) is 77.4 Å². The molecule has 0 radical (unpaired) electrons. The van der Waals surface area contributed by atoms with Crippen LogP contribution in [0.2, 0.25) is 0 Å². The van der Waals surface area contributed by atoms with Gasteiger partial charge in [0.25, 0.3) is 0 Å². The normalized spacial score (nSPS) is 12.2. The Hall–Kier alpha value is -6.59. The van der Waals surface area contributed by atoms with Crippen molar-refractivity contribution in [3.63, 3.8) is 0 Å². The van der Waals surface area contributed by atoms with E-state index in [1.54, 1.807) is 0 Å². The van der Waals surface area contributed by atoms with Gasteiger partial charge in [-0.1, -0.05) is 78.9 Å². The van der Waals surface area contributed by atoms with E-state index < -0.39 is 0 Å². The van der Waals surface area contributed by atoms with Gasteiger partial charge >= 0.3 is 0 Å². The van der Waals surface area contributed by atoms with Gasteiger partial charge in [-0.25, -0.2) is 9.97 Å². The molecule has 0 unspecified atom stereocenters. The molecule has 0 atom stereocenters. The fourth-order valence-corrected chi connectivity index (χ4v) is 7.84. The smallest absolute Gasteiger partial charge is 0.165 e. The molecule has 5 nitrogen and oxygen atoms in total. The number of aromatic nitrogens is 5. The molecule has 1 aliphatic heterocycles. The molecule has 5 heterocycles. The lowest BCUT2D eigenvalue weighted by atomic mass is 9.93. The van der Waals surface area contributed by atoms with Crippen molar-refractivity contribution in [1.82, 2.24) is 24.1 Å². The summed E-state index contributed by atoms with van der Waals surface area (Å²) in [5, 5.41) is 4.87. The highest BCUT2D eigenvalue weighted by atomic mass is 15.1. The summed E-state index contributed by atoms with van der Waals surface area (Å²) in [5.74, 6) is 0.828. The van der Waals surface area contributed by atoms with Gasteiger partial charge < -0.3 is 4.57 Å². The van der Waals surface area contributed by atoms with Crippen LogP contribution >= 0.6 is 0 Å². The quantitative estimate of drug-likeness (QED) is 0.195. The van der Waals surface area contributed by atoms with Crippen molar-refractivity contribution in [3.8, 4) is 45.0 Å². The molecule has 0 saturated carbocycles. The largest absolute Gasteiger partial charge is 0.309 e. The molecular weight excluding hydrogens is 587 g/mol. The fraction of sp³-hybridized carbons (Fsp3) is 0. The number of nitrogens with zero attached hydrogens (tertiary/aromatic N) is 5. The summed E-state index contributed by atoms with van der Waals surface area (Å²) >= 11 is 0. The maximum atomic E-state index is 5.26. The maximum absolute atomic E-state index is 5.26. The molecule has 222 valence electrons. The lowest BCUT2D eigenvalue weighted by Crippen LogP contribution is -2.02. The van der Waals surface area contributed by atoms with E-state index in [2.05, 4.69) is 129 Å². The second-order valence-corrected chi connectivity index (χ2v) is 12.5. The minimum Gasteiger partial charge on any atom is -0.309 e. The minimum atomic E-state index is 0.828. The summed E-state index contributed by atoms with van der Waals surface area (Å²) in [6, 6.07) is 49.8. The third kappa shape index (κ3) is 3.42. The standard InChI is InChI=1S/C43H25N5/c1-2-10-28(11-3-1)47-38-16-8-4-12-30(38)32-19-18-26(24-40(32)47)27-22-33-29-20-21-44-25-35(29)41-43(46-37-15-7-6-14-36(37)45-41)48-39-17-9-5-13-31(39)34(23-27)42(33)48/h1-25H. The predicted octanol–water partition coefficient (Wildman–Crippen LogP) is 10.5. The summed E-state index contributed by atoms with van der Waals surface area (Å²) in [6.07, 6.45) is 3.82. The number of rotatable bonds is 2. The van der Waals surface area contributed by atoms with E-state index in [1.807, 2.05) is 36.7 Å². The van der Waals surface area contributed by atoms with Crippen molar-refractivity contribution in [1.29, 1.82) is 0 Å². The third-order valence-corrected chi connectivity index (χ3v) is 9.92. The zero-order chi connectivity index (χ0) is 31.3. The topological polar surface area (TPSA) is 48.5 Å². The molecule has 5 heteroatoms. The van der Waals surface area contributed by atoms with Crippen LogP contribution < -0.4 is 0 Å². The summed E-state index contributed by atoms with van der Waals surface area (Å²) in [7, 11) is 0. The third-order valence-electron chi connectivity index (χ3n) is 9.92. The first-order valence-corrected chi connectivity index (χ1v) is 16.2. The predicted molar refractivity (Wildman–Crippen MR) is 196 cm³/mol. The van der Waals surface area contributed by atoms with E-state index in [4.69, 9.17) is 9.97 Å². The van der Waals surface area contributed by atoms with Crippen molar-refractivity contribution in [2.75, 3.05) is 0 Å². The Kier molecular flexibility index (Phi) is 5.05. The summed E-state index contributed by atoms with van der Waals surface area (Å²) < 4.78 is 4.70. The second-order valence-electron chi connectivity index (χ2n) is 12.5. The molecule has 0 fully saturated rings. The Bertz CT molecular complexity index is 2950. The van der Waals surface area contributed by atoms with E-state index in [9.17, 15) is 0 Å². The molecule has 0 spiro atoms. The van der Waals surface area contributed by atoms with Crippen molar-refractivity contribution < 1.29 is 0 Å². The molecule has 0 aliphatic carbocycles. The van der Waals surface area contributed by atoms with Crippen molar-refractivity contribution >= 4 is 54.6 Å². The SMILES string of the molecule is c1ccc(-n2c3ccccc3c3ccc(-c4cc5c6c(c4)c4ccccc4n6-c4nc6ccccc6nc4-c4cnccc4-5)cc32)cc1. The second kappa shape index (κ2) is 9.47. The average molecular weight is 612 g/mol. The van der Waals surface area contributed by atoms with E-state index in [0.717, 1.165) is 67.1 Å². The van der Waals surface area contributed by atoms with Gasteiger partial charge in [-0.2, -0.15) is 0 Å². The molecule has 0 N–H and O–H groups in total. The van der Waals surface area contributed by atoms with E-state index in [1.165, 1.54) is 32.6 Å². The fourth-order valence-electron chi connectivity index (χ4n) is 7.84. The van der Waals surface area contributed by atoms with Crippen molar-refractivity contribution in [2.24, 2.45) is 0 Å². The minimum absolute atomic E-state index is 0.828. The number of benzene rings is 6. The first kappa shape index (κ1) is 25.6. The molecule has 0 amide bonds. The van der Waals surface area contributed by atoms with Crippen LogP contribution in [0.3, 0.4) is 0 Å². The summed E-state index contributed by atoms with van der Waals surface area (Å²) in [4.78, 5) is 15.1. The van der Waals surface area contributed by atoms with Gasteiger partial charge in [0.2, 0.25) is 0 Å². The number of pyridine rings is 1. The number of fused-ring (bicyclic) bond motifs is 12. The molecule has 6 aromatic carbocycles. The molecular formula is C43H25N5. The number of hydrogen-bond donors (Lipinski definition) is 0. The Balaban J connectivity index is 1.26. The van der Waals surface area contributed by atoms with E-state index in [0.29, 0.717) is 0 Å². The molecule has 0 saturated heterocycles. The monoisotopic (exact) mass is 611 g/mol. The molecule has 11 rings (SSSR count). The van der Waals surface area contributed by atoms with Crippen LogP contribution in [0.25, 0.3) is 99.7 Å². The Morgan fingerprint density at radius 2 is 1.12 bits per heavy atom. The zero-order valence-corrected chi connectivity index (χ0v) is 25.7. The van der Waals surface area contributed by atoms with Gasteiger partial charge in [0.15, 0.2) is 5.82 Å². The van der Waals surface area contributed by atoms with Gasteiger partial charge in [-0.3, -0.25) is 9.55 Å². The molecule has 4 aromatic heterocycles. The van der Waals surface area contributed by atoms with Crippen LogP contribution in [-0.2, 0) is 0 Å². The first-order chi connectivity index (χ1) is 23.8. The van der Waals surface area contributed by atoms with Crippen LogP contribution in [0, 0.1) is 0 Å². The highest BCUT2D eigenvalue weighted by Crippen LogP contribution is 2.47. The molecule has 0 bridgehead atoms. The van der Waals surface area contributed by atoms with Gasteiger partial charge in [0.05, 0.1) is 33.1 Å². The first-order valence-electron chi connectivity index (χ1n) is 16.2. The van der Waals surface area contributed by atoms with Gasteiger partial charge in [-0.15, -0.1) is 0 Å². The van der Waals surface area contributed by atoms with Gasteiger partial charge in [0, 0.05) is 50.8 Å². The lowest BCUT2D eigenvalue weighted by molar-refractivity contribution is 1.08. The van der Waals surface area contributed by atoms with Crippen LogP contribution in [-0.4, -0.2) is 24.1 Å². The van der Waals surface area contributed by atoms with Crippen molar-refractivity contribution in [3.05, 3.63) is 152 Å². The Labute approximate surface area is 275 Å². The maximum Gasteiger partial charge on any atom is 0.165 e. The van der Waals surface area contributed by atoms with Crippen LogP contribution in [0.1, 0.15) is 0 Å². The van der Waals surface area contributed by atoms with Crippen LogP contribution in [0.4, 0.5) is 0 Å². The summed E-state index contributed by atoms with van der Waals surface area (Å²) in [6.45, 7) is 0.